The van der Waals surface area contributed by atoms with Crippen LogP contribution in [0.25, 0.3) is 0 Å². The number of rotatable bonds is 3. The number of esters is 1. The van der Waals surface area contributed by atoms with Gasteiger partial charge in [-0.15, -0.1) is 0 Å². The largest absolute Gasteiger partial charge is 0.462 e. The molecular formula is C14H19NO2. The third kappa shape index (κ3) is 2.20. The topological polar surface area (TPSA) is 38.3 Å². The van der Waals surface area contributed by atoms with E-state index in [9.17, 15) is 4.79 Å². The molecule has 0 aromatic heterocycles. The highest BCUT2D eigenvalue weighted by molar-refractivity contribution is 5.81. The molecule has 0 bridgehead atoms. The van der Waals surface area contributed by atoms with Crippen molar-refractivity contribution in [2.75, 3.05) is 6.61 Å². The summed E-state index contributed by atoms with van der Waals surface area (Å²) in [6.07, 6.45) is 1.51. The van der Waals surface area contributed by atoms with Gasteiger partial charge in [-0.3, -0.25) is 10.1 Å². The van der Waals surface area contributed by atoms with Crippen LogP contribution in [-0.4, -0.2) is 18.1 Å². The number of morpholine rings is 1. The Hall–Kier alpha value is -1.35. The van der Waals surface area contributed by atoms with Crippen LogP contribution in [0.4, 0.5) is 0 Å². The lowest BCUT2D eigenvalue weighted by Gasteiger charge is -2.39. The van der Waals surface area contributed by atoms with Gasteiger partial charge in [0.2, 0.25) is 0 Å². The van der Waals surface area contributed by atoms with Gasteiger partial charge in [-0.25, -0.2) is 0 Å². The zero-order valence-corrected chi connectivity index (χ0v) is 10.4. The summed E-state index contributed by atoms with van der Waals surface area (Å²) in [5.74, 6) is -0.116. The summed E-state index contributed by atoms with van der Waals surface area (Å²) in [7, 11) is 0. The Labute approximate surface area is 102 Å². The molecule has 92 valence electrons. The van der Waals surface area contributed by atoms with Gasteiger partial charge in [0.15, 0.2) is 0 Å². The van der Waals surface area contributed by atoms with Crippen molar-refractivity contribution in [2.24, 2.45) is 0 Å². The molecule has 3 nitrogen and oxygen atoms in total. The van der Waals surface area contributed by atoms with Crippen LogP contribution in [0.3, 0.4) is 0 Å². The molecule has 17 heavy (non-hydrogen) atoms. The van der Waals surface area contributed by atoms with E-state index < -0.39 is 5.54 Å². The minimum Gasteiger partial charge on any atom is -0.462 e. The minimum absolute atomic E-state index is 0.105. The van der Waals surface area contributed by atoms with Crippen LogP contribution in [0.2, 0.25) is 0 Å². The fraction of sp³-hybridized carbons (Fsp3) is 0.500. The molecule has 0 saturated carbocycles. The summed E-state index contributed by atoms with van der Waals surface area (Å²) in [6, 6.07) is 10.2. The van der Waals surface area contributed by atoms with Gasteiger partial charge < -0.3 is 4.74 Å². The molecule has 1 atom stereocenters. The normalized spacial score (nSPS) is 23.2. The Balaban J connectivity index is 2.21. The van der Waals surface area contributed by atoms with Gasteiger partial charge >= 0.3 is 5.97 Å². The van der Waals surface area contributed by atoms with Crippen LogP contribution in [0.5, 0.6) is 0 Å². The zero-order valence-electron chi connectivity index (χ0n) is 10.4. The van der Waals surface area contributed by atoms with E-state index in [1.54, 1.807) is 0 Å². The Bertz CT molecular complexity index is 384. The number of cyclic esters (lactones) is 1. The highest BCUT2D eigenvalue weighted by Gasteiger charge is 2.42. The Morgan fingerprint density at radius 2 is 1.94 bits per heavy atom. The lowest BCUT2D eigenvalue weighted by Crippen LogP contribution is -2.58. The molecule has 0 unspecified atom stereocenters. The Morgan fingerprint density at radius 1 is 1.29 bits per heavy atom. The number of hydrogen-bond donors (Lipinski definition) is 1. The zero-order chi connectivity index (χ0) is 12.3. The first-order valence-electron chi connectivity index (χ1n) is 6.21. The summed E-state index contributed by atoms with van der Waals surface area (Å²) >= 11 is 0. The van der Waals surface area contributed by atoms with Crippen LogP contribution in [0.15, 0.2) is 30.3 Å². The van der Waals surface area contributed by atoms with Gasteiger partial charge in [0.05, 0.1) is 6.04 Å². The maximum absolute atomic E-state index is 11.9. The van der Waals surface area contributed by atoms with Gasteiger partial charge in [-0.1, -0.05) is 44.2 Å². The highest BCUT2D eigenvalue weighted by atomic mass is 16.5. The van der Waals surface area contributed by atoms with Crippen molar-refractivity contribution >= 4 is 5.97 Å². The van der Waals surface area contributed by atoms with E-state index in [4.69, 9.17) is 4.74 Å². The van der Waals surface area contributed by atoms with Gasteiger partial charge in [0.25, 0.3) is 0 Å². The smallest absolute Gasteiger partial charge is 0.326 e. The monoisotopic (exact) mass is 233 g/mol. The first-order valence-corrected chi connectivity index (χ1v) is 6.21. The molecule has 3 heteroatoms. The molecule has 2 rings (SSSR count). The molecule has 0 aliphatic carbocycles. The fourth-order valence-electron chi connectivity index (χ4n) is 2.34. The van der Waals surface area contributed by atoms with Crippen molar-refractivity contribution in [1.82, 2.24) is 5.32 Å². The predicted octanol–water partition coefficient (Wildman–Crippen LogP) is 2.43. The molecular weight excluding hydrogens is 214 g/mol. The van der Waals surface area contributed by atoms with Crippen LogP contribution in [0.1, 0.15) is 38.3 Å². The van der Waals surface area contributed by atoms with Gasteiger partial charge in [0.1, 0.15) is 12.1 Å². The maximum Gasteiger partial charge on any atom is 0.326 e. The molecule has 0 spiro atoms. The van der Waals surface area contributed by atoms with E-state index in [0.717, 1.165) is 12.8 Å². The second-order valence-corrected chi connectivity index (χ2v) is 4.50. The standard InChI is InChI=1S/C14H19NO2/c1-3-14(4-2)13(16)17-10-12(15-14)11-8-6-5-7-9-11/h5-9,12,15H,3-4,10H2,1-2H3/t12-/m0/s1. The van der Waals surface area contributed by atoms with E-state index in [1.807, 2.05) is 32.0 Å². The number of carbonyl (C=O) groups is 1. The third-order valence-corrected chi connectivity index (χ3v) is 3.63. The molecule has 1 heterocycles. The molecule has 1 N–H and O–H groups in total. The van der Waals surface area contributed by atoms with E-state index >= 15 is 0 Å². The van der Waals surface area contributed by atoms with Gasteiger partial charge in [0, 0.05) is 0 Å². The highest BCUT2D eigenvalue weighted by Crippen LogP contribution is 2.28. The number of hydrogen-bond acceptors (Lipinski definition) is 3. The Morgan fingerprint density at radius 3 is 2.53 bits per heavy atom. The van der Waals surface area contributed by atoms with E-state index in [1.165, 1.54) is 5.56 Å². The van der Waals surface area contributed by atoms with Crippen molar-refractivity contribution < 1.29 is 9.53 Å². The van der Waals surface area contributed by atoms with Gasteiger partial charge in [-0.2, -0.15) is 0 Å². The lowest BCUT2D eigenvalue weighted by molar-refractivity contribution is -0.159. The van der Waals surface area contributed by atoms with Crippen molar-refractivity contribution in [3.8, 4) is 0 Å². The molecule has 1 aromatic rings. The first kappa shape index (κ1) is 12.1. The quantitative estimate of drug-likeness (QED) is 0.815. The van der Waals surface area contributed by atoms with Crippen molar-refractivity contribution in [3.63, 3.8) is 0 Å². The molecule has 1 aliphatic rings. The van der Waals surface area contributed by atoms with Crippen LogP contribution >= 0.6 is 0 Å². The van der Waals surface area contributed by atoms with Crippen molar-refractivity contribution in [2.45, 2.75) is 38.3 Å². The van der Waals surface area contributed by atoms with E-state index in [2.05, 4.69) is 17.4 Å². The first-order chi connectivity index (χ1) is 8.22. The number of nitrogens with one attached hydrogen (secondary N) is 1. The second-order valence-electron chi connectivity index (χ2n) is 4.50. The SMILES string of the molecule is CCC1(CC)N[C@H](c2ccccc2)COC1=O. The molecule has 0 amide bonds. The van der Waals surface area contributed by atoms with Gasteiger partial charge in [-0.05, 0) is 18.4 Å². The van der Waals surface area contributed by atoms with Crippen LogP contribution in [-0.2, 0) is 9.53 Å². The maximum atomic E-state index is 11.9. The summed E-state index contributed by atoms with van der Waals surface area (Å²) in [5.41, 5.74) is 0.657. The lowest BCUT2D eigenvalue weighted by atomic mass is 9.89. The minimum atomic E-state index is -0.515. The summed E-state index contributed by atoms with van der Waals surface area (Å²) in [6.45, 7) is 4.46. The molecule has 0 radical (unpaired) electrons. The fourth-order valence-corrected chi connectivity index (χ4v) is 2.34. The van der Waals surface area contributed by atoms with Crippen LogP contribution < -0.4 is 5.32 Å². The predicted molar refractivity (Wildman–Crippen MR) is 66.6 cm³/mol. The number of ether oxygens (including phenoxy) is 1. The van der Waals surface area contributed by atoms with Crippen molar-refractivity contribution in [3.05, 3.63) is 35.9 Å². The average molecular weight is 233 g/mol. The number of benzene rings is 1. The third-order valence-electron chi connectivity index (χ3n) is 3.63. The number of carbonyl (C=O) groups excluding carboxylic acids is 1. The molecule has 1 aliphatic heterocycles. The Kier molecular flexibility index (Phi) is 3.48. The molecule has 1 fully saturated rings. The van der Waals surface area contributed by atoms with E-state index in [-0.39, 0.29) is 12.0 Å². The second kappa shape index (κ2) is 4.88. The average Bonchev–Trinajstić information content (AvgIpc) is 2.41. The van der Waals surface area contributed by atoms with E-state index in [0.29, 0.717) is 6.61 Å². The summed E-state index contributed by atoms with van der Waals surface area (Å²) < 4.78 is 5.34. The van der Waals surface area contributed by atoms with Crippen LogP contribution in [0, 0.1) is 0 Å². The van der Waals surface area contributed by atoms with Crippen molar-refractivity contribution in [1.29, 1.82) is 0 Å². The molecule has 1 aromatic carbocycles. The summed E-state index contributed by atoms with van der Waals surface area (Å²) in [4.78, 5) is 11.9. The molecule has 1 saturated heterocycles. The summed E-state index contributed by atoms with van der Waals surface area (Å²) in [5, 5.41) is 3.46.